The fraction of sp³-hybridized carbons (Fsp3) is 0.571. The largest absolute Gasteiger partial charge is 0.370 e. The number of amides is 2. The van der Waals surface area contributed by atoms with E-state index >= 15 is 0 Å². The van der Waals surface area contributed by atoms with Crippen molar-refractivity contribution in [2.75, 3.05) is 0 Å². The van der Waals surface area contributed by atoms with Crippen LogP contribution < -0.4 is 5.73 Å². The first-order valence-corrected chi connectivity index (χ1v) is 3.44. The molecule has 0 aliphatic carbocycles. The van der Waals surface area contributed by atoms with E-state index in [-0.39, 0.29) is 11.8 Å². The molecule has 11 heavy (non-hydrogen) atoms. The normalized spacial score (nSPS) is 9.09. The van der Waals surface area contributed by atoms with E-state index in [9.17, 15) is 9.59 Å². The topological polar surface area (TPSA) is 72.5 Å². The van der Waals surface area contributed by atoms with E-state index in [0.29, 0.717) is 25.7 Å². The van der Waals surface area contributed by atoms with Gasteiger partial charge in [0.05, 0.1) is 0 Å². The molecule has 0 bridgehead atoms. The molecule has 0 aliphatic heterocycles. The van der Waals surface area contributed by atoms with Gasteiger partial charge in [-0.05, 0) is 19.6 Å². The zero-order valence-corrected chi connectivity index (χ0v) is 6.38. The fourth-order valence-electron chi connectivity index (χ4n) is 0.655. The molecule has 0 fully saturated rings. The van der Waals surface area contributed by atoms with Gasteiger partial charge < -0.3 is 5.73 Å². The molecule has 0 unspecified atom stereocenters. The maximum absolute atomic E-state index is 10.5. The summed E-state index contributed by atoms with van der Waals surface area (Å²) in [5.74, 6) is -0.557. The second kappa shape index (κ2) is 5.58. The van der Waals surface area contributed by atoms with Gasteiger partial charge in [0.2, 0.25) is 11.8 Å². The standard InChI is InChI=1S/C7H12N2O2/c1-9-7(11)5-3-2-4-6(8)10/h1-5H2,(H2,8,10). The molecular formula is C7H12N2O2. The molecule has 2 N–H and O–H groups in total. The predicted molar refractivity (Wildman–Crippen MR) is 42.2 cm³/mol. The molecule has 0 aromatic carbocycles. The Morgan fingerprint density at radius 1 is 1.27 bits per heavy atom. The maximum atomic E-state index is 10.5. The van der Waals surface area contributed by atoms with Crippen molar-refractivity contribution in [1.29, 1.82) is 0 Å². The van der Waals surface area contributed by atoms with Crippen molar-refractivity contribution in [3.8, 4) is 0 Å². The SMILES string of the molecule is C=NC(=O)CCCCC(N)=O. The lowest BCUT2D eigenvalue weighted by molar-refractivity contribution is -0.119. The highest BCUT2D eigenvalue weighted by atomic mass is 16.1. The smallest absolute Gasteiger partial charge is 0.245 e. The van der Waals surface area contributed by atoms with Crippen molar-refractivity contribution < 1.29 is 9.59 Å². The van der Waals surface area contributed by atoms with Crippen molar-refractivity contribution in [3.05, 3.63) is 0 Å². The second-order valence-electron chi connectivity index (χ2n) is 2.23. The van der Waals surface area contributed by atoms with E-state index < -0.39 is 0 Å². The summed E-state index contributed by atoms with van der Waals surface area (Å²) in [5, 5.41) is 0. The van der Waals surface area contributed by atoms with Gasteiger partial charge in [0.15, 0.2) is 0 Å². The number of carbonyl (C=O) groups excluding carboxylic acids is 2. The van der Waals surface area contributed by atoms with Gasteiger partial charge in [-0.1, -0.05) is 0 Å². The number of hydrogen-bond acceptors (Lipinski definition) is 2. The average Bonchev–Trinajstić information content (AvgIpc) is 1.97. The van der Waals surface area contributed by atoms with Gasteiger partial charge in [-0.3, -0.25) is 9.59 Å². The lowest BCUT2D eigenvalue weighted by Gasteiger charge is -1.93. The molecule has 62 valence electrons. The van der Waals surface area contributed by atoms with Gasteiger partial charge in [-0.15, -0.1) is 0 Å². The van der Waals surface area contributed by atoms with Crippen molar-refractivity contribution >= 4 is 18.5 Å². The number of carbonyl (C=O) groups is 2. The highest BCUT2D eigenvalue weighted by Crippen LogP contribution is 1.99. The Morgan fingerprint density at radius 3 is 2.27 bits per heavy atom. The van der Waals surface area contributed by atoms with Gasteiger partial charge >= 0.3 is 0 Å². The molecule has 2 amide bonds. The lowest BCUT2D eigenvalue weighted by atomic mass is 10.2. The fourth-order valence-corrected chi connectivity index (χ4v) is 0.655. The molecule has 0 aliphatic rings. The summed E-state index contributed by atoms with van der Waals surface area (Å²) >= 11 is 0. The summed E-state index contributed by atoms with van der Waals surface area (Å²) in [7, 11) is 0. The van der Waals surface area contributed by atoms with Crippen LogP contribution in [0.1, 0.15) is 25.7 Å². The van der Waals surface area contributed by atoms with Crippen LogP contribution in [0, 0.1) is 0 Å². The van der Waals surface area contributed by atoms with Crippen LogP contribution in [0.5, 0.6) is 0 Å². The Balaban J connectivity index is 3.21. The summed E-state index contributed by atoms with van der Waals surface area (Å²) in [6, 6.07) is 0. The van der Waals surface area contributed by atoms with Crippen LogP contribution in [0.25, 0.3) is 0 Å². The summed E-state index contributed by atoms with van der Waals surface area (Å²) in [5.41, 5.74) is 4.88. The van der Waals surface area contributed by atoms with Gasteiger partial charge in [0, 0.05) is 12.8 Å². The van der Waals surface area contributed by atoms with Crippen molar-refractivity contribution in [2.24, 2.45) is 10.7 Å². The first-order valence-electron chi connectivity index (χ1n) is 3.44. The second-order valence-corrected chi connectivity index (χ2v) is 2.23. The van der Waals surface area contributed by atoms with E-state index in [0.717, 1.165) is 0 Å². The molecule has 0 atom stereocenters. The molecule has 0 aromatic heterocycles. The van der Waals surface area contributed by atoms with Gasteiger partial charge in [0.1, 0.15) is 0 Å². The molecule has 0 aromatic rings. The maximum Gasteiger partial charge on any atom is 0.245 e. The van der Waals surface area contributed by atoms with E-state index in [2.05, 4.69) is 11.7 Å². The number of nitrogens with zero attached hydrogens (tertiary/aromatic N) is 1. The third-order valence-electron chi connectivity index (χ3n) is 1.24. The zero-order valence-electron chi connectivity index (χ0n) is 6.38. The first-order chi connectivity index (χ1) is 5.16. The number of primary amides is 1. The Hall–Kier alpha value is -1.19. The van der Waals surface area contributed by atoms with Crippen LogP contribution in [0.4, 0.5) is 0 Å². The Morgan fingerprint density at radius 2 is 1.82 bits per heavy atom. The molecule has 0 rings (SSSR count). The molecular weight excluding hydrogens is 144 g/mol. The van der Waals surface area contributed by atoms with E-state index in [1.54, 1.807) is 0 Å². The van der Waals surface area contributed by atoms with Crippen molar-refractivity contribution in [3.63, 3.8) is 0 Å². The highest BCUT2D eigenvalue weighted by Gasteiger charge is 1.98. The third kappa shape index (κ3) is 6.70. The van der Waals surface area contributed by atoms with Crippen LogP contribution >= 0.6 is 0 Å². The lowest BCUT2D eigenvalue weighted by Crippen LogP contribution is -2.09. The van der Waals surface area contributed by atoms with Crippen molar-refractivity contribution in [1.82, 2.24) is 0 Å². The molecule has 0 radical (unpaired) electrons. The minimum atomic E-state index is -0.330. The van der Waals surface area contributed by atoms with Crippen LogP contribution in [-0.4, -0.2) is 18.5 Å². The van der Waals surface area contributed by atoms with Crippen molar-refractivity contribution in [2.45, 2.75) is 25.7 Å². The number of hydrogen-bond donors (Lipinski definition) is 1. The molecule has 0 spiro atoms. The third-order valence-corrected chi connectivity index (χ3v) is 1.24. The van der Waals surface area contributed by atoms with Gasteiger partial charge in [0.25, 0.3) is 0 Å². The van der Waals surface area contributed by atoms with Crippen LogP contribution in [-0.2, 0) is 9.59 Å². The summed E-state index contributed by atoms with van der Waals surface area (Å²) in [6.07, 6.45) is 2.00. The van der Waals surface area contributed by atoms with Gasteiger partial charge in [-0.25, -0.2) is 4.99 Å². The number of nitrogens with two attached hydrogens (primary N) is 1. The zero-order chi connectivity index (χ0) is 8.69. The van der Waals surface area contributed by atoms with Crippen LogP contribution in [0.15, 0.2) is 4.99 Å². The van der Waals surface area contributed by atoms with E-state index in [4.69, 9.17) is 5.73 Å². The quantitative estimate of drug-likeness (QED) is 0.458. The monoisotopic (exact) mass is 156 g/mol. The molecule has 0 saturated carbocycles. The number of aliphatic imine (C=N–C) groups is 1. The number of unbranched alkanes of at least 4 members (excludes halogenated alkanes) is 1. The highest BCUT2D eigenvalue weighted by molar-refractivity contribution is 5.80. The van der Waals surface area contributed by atoms with E-state index in [1.807, 2.05) is 0 Å². The molecule has 0 heterocycles. The summed E-state index contributed by atoms with van der Waals surface area (Å²) in [6.45, 7) is 3.08. The average molecular weight is 156 g/mol. The molecule has 0 saturated heterocycles. The van der Waals surface area contributed by atoms with Crippen LogP contribution in [0.2, 0.25) is 0 Å². The Bertz CT molecular complexity index is 166. The van der Waals surface area contributed by atoms with Gasteiger partial charge in [-0.2, -0.15) is 0 Å². The Kier molecular flexibility index (Phi) is 4.98. The minimum Gasteiger partial charge on any atom is -0.370 e. The Labute approximate surface area is 65.5 Å². The summed E-state index contributed by atoms with van der Waals surface area (Å²) < 4.78 is 0. The van der Waals surface area contributed by atoms with Crippen LogP contribution in [0.3, 0.4) is 0 Å². The molecule has 4 nitrogen and oxygen atoms in total. The number of rotatable bonds is 5. The first kappa shape index (κ1) is 9.81. The minimum absolute atomic E-state index is 0.227. The van der Waals surface area contributed by atoms with E-state index in [1.165, 1.54) is 0 Å². The molecule has 4 heteroatoms. The summed E-state index contributed by atoms with van der Waals surface area (Å²) in [4.78, 5) is 23.9. The predicted octanol–water partition coefficient (Wildman–Crippen LogP) is 0.259.